The number of aryl methyl sites for hydroxylation is 1. The van der Waals surface area contributed by atoms with E-state index < -0.39 is 16.6 Å². The van der Waals surface area contributed by atoms with Crippen LogP contribution in [0.15, 0.2) is 60.7 Å². The van der Waals surface area contributed by atoms with E-state index in [0.29, 0.717) is 41.5 Å². The number of rotatable bonds is 5. The highest BCUT2D eigenvalue weighted by Crippen LogP contribution is 2.40. The Morgan fingerprint density at radius 2 is 1.65 bits per heavy atom. The SMILES string of the molecule is Cc1nc2c(C(=O)O)cc(-c3ccc(-c4cccc(CN5CCS(O)(O)CC5)c4)cc3)cc2[nH]1. The summed E-state index contributed by atoms with van der Waals surface area (Å²) in [7, 11) is -2.38. The molecule has 0 amide bonds. The first kappa shape index (κ1) is 22.6. The van der Waals surface area contributed by atoms with Crippen molar-refractivity contribution in [3.8, 4) is 22.3 Å². The van der Waals surface area contributed by atoms with Gasteiger partial charge >= 0.3 is 5.97 Å². The van der Waals surface area contributed by atoms with Gasteiger partial charge in [-0.25, -0.2) is 9.78 Å². The number of carboxylic acid groups (broad SMARTS) is 1. The smallest absolute Gasteiger partial charge is 0.337 e. The lowest BCUT2D eigenvalue weighted by Crippen LogP contribution is -2.37. The van der Waals surface area contributed by atoms with Crippen molar-refractivity contribution in [3.63, 3.8) is 0 Å². The van der Waals surface area contributed by atoms with Crippen molar-refractivity contribution >= 4 is 27.6 Å². The van der Waals surface area contributed by atoms with E-state index in [0.717, 1.165) is 28.8 Å². The molecular weight excluding hydrogens is 450 g/mol. The number of nitrogens with zero attached hydrogens (tertiary/aromatic N) is 2. The molecule has 1 aliphatic rings. The maximum atomic E-state index is 11.8. The van der Waals surface area contributed by atoms with Crippen LogP contribution >= 0.6 is 10.6 Å². The van der Waals surface area contributed by atoms with Crippen molar-refractivity contribution in [2.75, 3.05) is 24.6 Å². The maximum absolute atomic E-state index is 11.8. The number of aromatic carboxylic acids is 1. The van der Waals surface area contributed by atoms with Crippen LogP contribution < -0.4 is 0 Å². The number of carbonyl (C=O) groups is 1. The molecule has 0 aliphatic carbocycles. The molecule has 1 fully saturated rings. The summed E-state index contributed by atoms with van der Waals surface area (Å²) in [5.41, 5.74) is 6.50. The predicted octanol–water partition coefficient (Wildman–Crippen LogP) is 5.47. The number of aromatic amines is 1. The van der Waals surface area contributed by atoms with Crippen LogP contribution in [-0.4, -0.2) is 59.6 Å². The average Bonchev–Trinajstić information content (AvgIpc) is 3.20. The van der Waals surface area contributed by atoms with Gasteiger partial charge in [-0.15, -0.1) is 0 Å². The van der Waals surface area contributed by atoms with Gasteiger partial charge in [0.05, 0.1) is 22.6 Å². The summed E-state index contributed by atoms with van der Waals surface area (Å²) in [5.74, 6) is 0.580. The number of nitrogens with one attached hydrogen (secondary N) is 1. The summed E-state index contributed by atoms with van der Waals surface area (Å²) in [4.78, 5) is 21.5. The van der Waals surface area contributed by atoms with Gasteiger partial charge < -0.3 is 10.1 Å². The van der Waals surface area contributed by atoms with Crippen LogP contribution in [0.4, 0.5) is 0 Å². The van der Waals surface area contributed by atoms with Gasteiger partial charge in [0, 0.05) is 19.6 Å². The molecule has 176 valence electrons. The van der Waals surface area contributed by atoms with E-state index in [1.165, 1.54) is 5.56 Å². The van der Waals surface area contributed by atoms with E-state index in [1.54, 1.807) is 6.07 Å². The van der Waals surface area contributed by atoms with Gasteiger partial charge in [0.1, 0.15) is 11.3 Å². The van der Waals surface area contributed by atoms with Crippen LogP contribution in [0.3, 0.4) is 0 Å². The van der Waals surface area contributed by atoms with E-state index in [-0.39, 0.29) is 5.56 Å². The van der Waals surface area contributed by atoms with E-state index in [4.69, 9.17) is 0 Å². The molecule has 4 N–H and O–H groups in total. The first-order chi connectivity index (χ1) is 16.3. The number of carboxylic acids is 1. The highest BCUT2D eigenvalue weighted by atomic mass is 32.3. The molecule has 0 saturated carbocycles. The van der Waals surface area contributed by atoms with Crippen molar-refractivity contribution in [1.82, 2.24) is 14.9 Å². The molecule has 8 heteroatoms. The first-order valence-corrected chi connectivity index (χ1v) is 13.1. The van der Waals surface area contributed by atoms with Gasteiger partial charge in [-0.1, -0.05) is 42.5 Å². The third-order valence-corrected chi connectivity index (χ3v) is 7.96. The van der Waals surface area contributed by atoms with Crippen LogP contribution in [0.5, 0.6) is 0 Å². The largest absolute Gasteiger partial charge is 0.478 e. The summed E-state index contributed by atoms with van der Waals surface area (Å²) in [6.45, 7) is 3.98. The zero-order valence-electron chi connectivity index (χ0n) is 18.9. The van der Waals surface area contributed by atoms with Crippen LogP contribution in [0, 0.1) is 6.92 Å². The average molecular weight is 478 g/mol. The lowest BCUT2D eigenvalue weighted by atomic mass is 9.97. The summed E-state index contributed by atoms with van der Waals surface area (Å²) < 4.78 is 19.7. The molecule has 5 rings (SSSR count). The monoisotopic (exact) mass is 477 g/mol. The Kier molecular flexibility index (Phi) is 5.91. The topological polar surface area (TPSA) is 110 Å². The normalized spacial score (nSPS) is 17.0. The van der Waals surface area contributed by atoms with Crippen LogP contribution in [0.2, 0.25) is 0 Å². The quantitative estimate of drug-likeness (QED) is 0.303. The molecule has 0 radical (unpaired) electrons. The molecule has 1 aliphatic heterocycles. The van der Waals surface area contributed by atoms with Gasteiger partial charge in [-0.2, -0.15) is 10.6 Å². The maximum Gasteiger partial charge on any atom is 0.337 e. The lowest BCUT2D eigenvalue weighted by molar-refractivity contribution is 0.0699. The molecule has 1 aromatic heterocycles. The van der Waals surface area contributed by atoms with Crippen LogP contribution in [-0.2, 0) is 6.54 Å². The Labute approximate surface area is 199 Å². The van der Waals surface area contributed by atoms with Gasteiger partial charge in [-0.05, 0) is 52.9 Å². The van der Waals surface area contributed by atoms with E-state index in [1.807, 2.05) is 43.3 Å². The molecule has 0 atom stereocenters. The Hall–Kier alpha value is -3.17. The van der Waals surface area contributed by atoms with Crippen molar-refractivity contribution in [1.29, 1.82) is 0 Å². The minimum Gasteiger partial charge on any atom is -0.478 e. The molecule has 2 heterocycles. The molecule has 0 spiro atoms. The molecular formula is C26H27N3O4S. The first-order valence-electron chi connectivity index (χ1n) is 11.2. The highest BCUT2D eigenvalue weighted by molar-refractivity contribution is 8.24. The van der Waals surface area contributed by atoms with Gasteiger partial charge in [0.15, 0.2) is 0 Å². The summed E-state index contributed by atoms with van der Waals surface area (Å²) in [6.07, 6.45) is 0. The van der Waals surface area contributed by atoms with Crippen molar-refractivity contribution < 1.29 is 19.0 Å². The van der Waals surface area contributed by atoms with Crippen molar-refractivity contribution in [2.24, 2.45) is 0 Å². The number of H-pyrrole nitrogens is 1. The van der Waals surface area contributed by atoms with Crippen molar-refractivity contribution in [2.45, 2.75) is 13.5 Å². The second-order valence-corrected chi connectivity index (χ2v) is 11.2. The number of aromatic nitrogens is 2. The van der Waals surface area contributed by atoms with E-state index in [2.05, 4.69) is 33.1 Å². The second kappa shape index (κ2) is 8.88. The molecule has 0 bridgehead atoms. The fraction of sp³-hybridized carbons (Fsp3) is 0.231. The number of imidazole rings is 1. The number of hydrogen-bond donors (Lipinski definition) is 4. The molecule has 4 aromatic rings. The Morgan fingerprint density at radius 1 is 0.971 bits per heavy atom. The summed E-state index contributed by atoms with van der Waals surface area (Å²) >= 11 is 0. The Balaban J connectivity index is 1.38. The van der Waals surface area contributed by atoms with Gasteiger partial charge in [0.25, 0.3) is 0 Å². The molecule has 1 saturated heterocycles. The number of fused-ring (bicyclic) bond motifs is 1. The predicted molar refractivity (Wildman–Crippen MR) is 137 cm³/mol. The zero-order valence-corrected chi connectivity index (χ0v) is 19.7. The van der Waals surface area contributed by atoms with E-state index >= 15 is 0 Å². The molecule has 34 heavy (non-hydrogen) atoms. The zero-order chi connectivity index (χ0) is 23.9. The third-order valence-electron chi connectivity index (χ3n) is 6.29. The summed E-state index contributed by atoms with van der Waals surface area (Å²) in [5, 5.41) is 9.64. The van der Waals surface area contributed by atoms with Crippen LogP contribution in [0.25, 0.3) is 33.3 Å². The third kappa shape index (κ3) is 4.71. The minimum absolute atomic E-state index is 0.188. The van der Waals surface area contributed by atoms with Crippen LogP contribution in [0.1, 0.15) is 21.7 Å². The lowest BCUT2D eigenvalue weighted by Gasteiger charge is -2.41. The Morgan fingerprint density at radius 3 is 2.32 bits per heavy atom. The van der Waals surface area contributed by atoms with E-state index in [9.17, 15) is 19.0 Å². The fourth-order valence-corrected chi connectivity index (χ4v) is 5.76. The fourth-order valence-electron chi connectivity index (χ4n) is 4.46. The standard InChI is InChI=1S/C26H27N3O4S/c1-17-27-24-15-22(14-23(26(30)31)25(24)28-17)20-7-5-19(6-8-20)21-4-2-3-18(13-21)16-29-9-11-34(32,33)12-10-29/h2-8,13-15,32-33H,9-12,16H2,1H3,(H,27,28)(H,30,31). The van der Waals surface area contributed by atoms with Crippen molar-refractivity contribution in [3.05, 3.63) is 77.6 Å². The van der Waals surface area contributed by atoms with Gasteiger partial charge in [0.2, 0.25) is 0 Å². The molecule has 7 nitrogen and oxygen atoms in total. The Bertz CT molecular complexity index is 1350. The minimum atomic E-state index is -2.38. The van der Waals surface area contributed by atoms with Gasteiger partial charge in [-0.3, -0.25) is 14.0 Å². The second-order valence-electron chi connectivity index (χ2n) is 8.81. The molecule has 0 unspecified atom stereocenters. The molecule has 3 aromatic carbocycles. The number of hydrogen-bond acceptors (Lipinski definition) is 5. The number of benzene rings is 3. The highest BCUT2D eigenvalue weighted by Gasteiger charge is 2.22. The summed E-state index contributed by atoms with van der Waals surface area (Å²) in [6, 6.07) is 20.1.